The fourth-order valence-electron chi connectivity index (χ4n) is 2.70. The molecule has 0 bridgehead atoms. The summed E-state index contributed by atoms with van der Waals surface area (Å²) < 4.78 is 27.8. The molecule has 3 aliphatic carbocycles. The Labute approximate surface area is 130 Å². The van der Waals surface area contributed by atoms with Gasteiger partial charge in [-0.2, -0.15) is 4.31 Å². The first-order valence-corrected chi connectivity index (χ1v) is 10.3. The molecule has 1 aromatic heterocycles. The second kappa shape index (κ2) is 5.33. The van der Waals surface area contributed by atoms with Gasteiger partial charge in [-0.15, -0.1) is 11.3 Å². The first-order valence-electron chi connectivity index (χ1n) is 7.96. The molecular weight excluding hydrogens is 304 g/mol. The smallest absolute Gasteiger partial charge is 0.244 e. The number of rotatable bonds is 8. The van der Waals surface area contributed by atoms with Crippen molar-refractivity contribution in [3.63, 3.8) is 0 Å². The first-order chi connectivity index (χ1) is 10.1. The monoisotopic (exact) mass is 326 g/mol. The molecule has 4 rings (SSSR count). The van der Waals surface area contributed by atoms with E-state index in [2.05, 4.69) is 5.32 Å². The zero-order valence-corrected chi connectivity index (χ0v) is 13.8. The van der Waals surface area contributed by atoms with Crippen molar-refractivity contribution in [2.75, 3.05) is 6.54 Å². The molecule has 4 nitrogen and oxygen atoms in total. The van der Waals surface area contributed by atoms with Gasteiger partial charge < -0.3 is 5.32 Å². The highest BCUT2D eigenvalue weighted by Crippen LogP contribution is 2.39. The Morgan fingerprint density at radius 2 is 1.95 bits per heavy atom. The molecule has 0 aromatic carbocycles. The highest BCUT2D eigenvalue weighted by atomic mass is 32.2. The van der Waals surface area contributed by atoms with Gasteiger partial charge in [-0.1, -0.05) is 0 Å². The van der Waals surface area contributed by atoms with E-state index >= 15 is 0 Å². The van der Waals surface area contributed by atoms with E-state index in [0.717, 1.165) is 24.3 Å². The topological polar surface area (TPSA) is 49.4 Å². The molecule has 0 atom stereocenters. The standard InChI is InChI=1S/C15H22N2O2S2/c18-21(19,17(13-5-6-13)10-11-1-2-11)15-7-8-20-14(15)9-16-12-3-4-12/h7-8,11-13,16H,1-6,9-10H2. The third-order valence-corrected chi connectivity index (χ3v) is 7.56. The van der Waals surface area contributed by atoms with Gasteiger partial charge >= 0.3 is 0 Å². The van der Waals surface area contributed by atoms with Crippen LogP contribution in [0.5, 0.6) is 0 Å². The molecule has 0 saturated heterocycles. The van der Waals surface area contributed by atoms with Crippen LogP contribution in [0.25, 0.3) is 0 Å². The quantitative estimate of drug-likeness (QED) is 0.799. The van der Waals surface area contributed by atoms with Crippen molar-refractivity contribution in [1.82, 2.24) is 9.62 Å². The molecule has 21 heavy (non-hydrogen) atoms. The minimum absolute atomic E-state index is 0.264. The summed E-state index contributed by atoms with van der Waals surface area (Å²) in [5.74, 6) is 0.604. The Balaban J connectivity index is 1.55. The van der Waals surface area contributed by atoms with Crippen LogP contribution in [0.4, 0.5) is 0 Å². The minimum Gasteiger partial charge on any atom is -0.309 e. The van der Waals surface area contributed by atoms with E-state index in [0.29, 0.717) is 23.4 Å². The number of thiophene rings is 1. The van der Waals surface area contributed by atoms with Crippen molar-refractivity contribution in [3.8, 4) is 0 Å². The molecule has 0 radical (unpaired) electrons. The highest BCUT2D eigenvalue weighted by Gasteiger charge is 2.42. The normalized spacial score (nSPS) is 22.9. The van der Waals surface area contributed by atoms with Gasteiger partial charge in [0.15, 0.2) is 0 Å². The van der Waals surface area contributed by atoms with Crippen LogP contribution in [0.2, 0.25) is 0 Å². The summed E-state index contributed by atoms with van der Waals surface area (Å²) in [7, 11) is -3.30. The average Bonchev–Trinajstić information content (AvgIpc) is 3.30. The zero-order chi connectivity index (χ0) is 14.4. The van der Waals surface area contributed by atoms with E-state index in [1.165, 1.54) is 25.7 Å². The maximum atomic E-state index is 13.0. The maximum absolute atomic E-state index is 13.0. The summed E-state index contributed by atoms with van der Waals surface area (Å²) >= 11 is 1.56. The average molecular weight is 326 g/mol. The number of hydrogen-bond acceptors (Lipinski definition) is 4. The summed E-state index contributed by atoms with van der Waals surface area (Å²) in [5, 5.41) is 5.35. The summed E-state index contributed by atoms with van der Waals surface area (Å²) in [4.78, 5) is 1.52. The minimum atomic E-state index is -3.30. The van der Waals surface area contributed by atoms with E-state index in [1.54, 1.807) is 21.7 Å². The van der Waals surface area contributed by atoms with Gasteiger partial charge in [0, 0.05) is 30.1 Å². The van der Waals surface area contributed by atoms with Gasteiger partial charge in [0.1, 0.15) is 0 Å². The predicted molar refractivity (Wildman–Crippen MR) is 83.8 cm³/mol. The molecule has 3 saturated carbocycles. The van der Waals surface area contributed by atoms with E-state index in [9.17, 15) is 8.42 Å². The van der Waals surface area contributed by atoms with Crippen LogP contribution in [-0.2, 0) is 16.6 Å². The maximum Gasteiger partial charge on any atom is 0.244 e. The predicted octanol–water partition coefficient (Wildman–Crippen LogP) is 2.56. The Bertz CT molecular complexity index is 613. The summed E-state index contributed by atoms with van der Waals surface area (Å²) in [6.07, 6.45) is 6.90. The Kier molecular flexibility index (Phi) is 3.60. The lowest BCUT2D eigenvalue weighted by molar-refractivity contribution is 0.388. The molecule has 3 fully saturated rings. The molecular formula is C15H22N2O2S2. The van der Waals surface area contributed by atoms with Crippen LogP contribution in [-0.4, -0.2) is 31.4 Å². The number of nitrogens with one attached hydrogen (secondary N) is 1. The lowest BCUT2D eigenvalue weighted by atomic mass is 10.4. The van der Waals surface area contributed by atoms with E-state index in [-0.39, 0.29) is 6.04 Å². The van der Waals surface area contributed by atoms with Crippen molar-refractivity contribution >= 4 is 21.4 Å². The highest BCUT2D eigenvalue weighted by molar-refractivity contribution is 7.89. The number of sulfonamides is 1. The lowest BCUT2D eigenvalue weighted by Gasteiger charge is -2.22. The lowest BCUT2D eigenvalue weighted by Crippen LogP contribution is -2.35. The third kappa shape index (κ3) is 3.18. The molecule has 0 unspecified atom stereocenters. The van der Waals surface area contributed by atoms with E-state index in [1.807, 2.05) is 5.38 Å². The van der Waals surface area contributed by atoms with Crippen LogP contribution in [0.3, 0.4) is 0 Å². The Hall–Kier alpha value is -0.430. The molecule has 116 valence electrons. The largest absolute Gasteiger partial charge is 0.309 e. The Morgan fingerprint density at radius 3 is 2.57 bits per heavy atom. The molecule has 1 heterocycles. The van der Waals surface area contributed by atoms with Crippen molar-refractivity contribution in [1.29, 1.82) is 0 Å². The van der Waals surface area contributed by atoms with Crippen molar-refractivity contribution in [2.24, 2.45) is 5.92 Å². The van der Waals surface area contributed by atoms with Crippen molar-refractivity contribution in [2.45, 2.75) is 62.0 Å². The fraction of sp³-hybridized carbons (Fsp3) is 0.733. The van der Waals surface area contributed by atoms with Gasteiger partial charge in [0.25, 0.3) is 0 Å². The van der Waals surface area contributed by atoms with E-state index < -0.39 is 10.0 Å². The molecule has 0 aliphatic heterocycles. The van der Waals surface area contributed by atoms with Crippen LogP contribution >= 0.6 is 11.3 Å². The second-order valence-corrected chi connectivity index (χ2v) is 9.47. The second-order valence-electron chi connectivity index (χ2n) is 6.61. The van der Waals surface area contributed by atoms with Gasteiger partial charge in [-0.25, -0.2) is 8.42 Å². The van der Waals surface area contributed by atoms with Gasteiger partial charge in [0.2, 0.25) is 10.0 Å². The summed E-state index contributed by atoms with van der Waals surface area (Å²) in [6, 6.07) is 2.67. The first kappa shape index (κ1) is 14.2. The molecule has 6 heteroatoms. The summed E-state index contributed by atoms with van der Waals surface area (Å²) in [5.41, 5.74) is 0. The van der Waals surface area contributed by atoms with Crippen LogP contribution in [0.15, 0.2) is 16.3 Å². The van der Waals surface area contributed by atoms with Crippen molar-refractivity contribution < 1.29 is 8.42 Å². The van der Waals surface area contributed by atoms with E-state index in [4.69, 9.17) is 0 Å². The zero-order valence-electron chi connectivity index (χ0n) is 12.1. The molecule has 3 aliphatic rings. The molecule has 1 aromatic rings. The molecule has 0 amide bonds. The van der Waals surface area contributed by atoms with Crippen molar-refractivity contribution in [3.05, 3.63) is 16.3 Å². The number of nitrogens with zero attached hydrogens (tertiary/aromatic N) is 1. The SMILES string of the molecule is O=S(=O)(c1ccsc1CNC1CC1)N(CC1CC1)C1CC1. The van der Waals surface area contributed by atoms with Gasteiger partial charge in [-0.3, -0.25) is 0 Å². The summed E-state index contributed by atoms with van der Waals surface area (Å²) in [6.45, 7) is 1.43. The fourth-order valence-corrected chi connectivity index (χ4v) is 5.83. The molecule has 0 spiro atoms. The van der Waals surface area contributed by atoms with Crippen LogP contribution in [0.1, 0.15) is 43.4 Å². The molecule has 1 N–H and O–H groups in total. The van der Waals surface area contributed by atoms with Crippen LogP contribution < -0.4 is 5.32 Å². The Morgan fingerprint density at radius 1 is 1.19 bits per heavy atom. The van der Waals surface area contributed by atoms with Crippen LogP contribution in [0, 0.1) is 5.92 Å². The number of hydrogen-bond donors (Lipinski definition) is 1. The van der Waals surface area contributed by atoms with Gasteiger partial charge in [-0.05, 0) is 55.9 Å². The third-order valence-electron chi connectivity index (χ3n) is 4.51. The van der Waals surface area contributed by atoms with Gasteiger partial charge in [0.05, 0.1) is 4.90 Å².